The van der Waals surface area contributed by atoms with Gasteiger partial charge in [0.2, 0.25) is 0 Å². The Kier molecular flexibility index (Phi) is 2.76. The van der Waals surface area contributed by atoms with E-state index in [1.807, 2.05) is 30.3 Å². The molecule has 1 aliphatic carbocycles. The fourth-order valence-electron chi connectivity index (χ4n) is 2.29. The van der Waals surface area contributed by atoms with Crippen molar-refractivity contribution >= 4 is 11.9 Å². The molecule has 0 heterocycles. The van der Waals surface area contributed by atoms with E-state index in [2.05, 4.69) is 0 Å². The van der Waals surface area contributed by atoms with Crippen LogP contribution >= 0.6 is 0 Å². The fraction of sp³-hybridized carbons (Fsp3) is 0.0625. The number of benzene rings is 2. The minimum absolute atomic E-state index is 0.244. The number of carbonyl (C=O) groups is 1. The Balaban J connectivity index is 2.08. The maximum absolute atomic E-state index is 13.2. The van der Waals surface area contributed by atoms with Gasteiger partial charge in [-0.25, -0.2) is 4.39 Å². The molecule has 0 saturated carbocycles. The number of fused-ring (bicyclic) bond motifs is 1. The molecule has 1 atom stereocenters. The summed E-state index contributed by atoms with van der Waals surface area (Å²) in [6.07, 6.45) is 0.587. The van der Waals surface area contributed by atoms with Gasteiger partial charge >= 0.3 is 0 Å². The lowest BCUT2D eigenvalue weighted by Gasteiger charge is -2.04. The molecule has 0 unspecified atom stereocenters. The van der Waals surface area contributed by atoms with E-state index in [-0.39, 0.29) is 11.4 Å². The third-order valence-corrected chi connectivity index (χ3v) is 3.23. The average molecular weight is 254 g/mol. The summed E-state index contributed by atoms with van der Waals surface area (Å²) in [6, 6.07) is 13.1. The van der Waals surface area contributed by atoms with Crippen LogP contribution in [-0.2, 0) is 0 Å². The zero-order valence-electron chi connectivity index (χ0n) is 10.0. The summed E-state index contributed by atoms with van der Waals surface area (Å²) in [6.45, 7) is 0. The average Bonchev–Trinajstić information content (AvgIpc) is 2.65. The van der Waals surface area contributed by atoms with Gasteiger partial charge in [0.05, 0.1) is 0 Å². The number of aliphatic hydroxyl groups is 1. The van der Waals surface area contributed by atoms with Gasteiger partial charge in [0.1, 0.15) is 11.9 Å². The Hall–Kier alpha value is -2.26. The van der Waals surface area contributed by atoms with Crippen molar-refractivity contribution in [1.29, 1.82) is 0 Å². The number of aliphatic hydroxyl groups excluding tert-OH is 1. The van der Waals surface area contributed by atoms with Crippen LogP contribution in [0.3, 0.4) is 0 Å². The minimum atomic E-state index is -1.06. The smallest absolute Gasteiger partial charge is 0.192 e. The zero-order valence-corrected chi connectivity index (χ0v) is 10.0. The SMILES string of the molecule is O=C1/C(=C/c2ccccc2)[C@@H](O)c2cc(F)ccc21. The Morgan fingerprint density at radius 1 is 1.11 bits per heavy atom. The normalized spacial score (nSPS) is 19.8. The summed E-state index contributed by atoms with van der Waals surface area (Å²) in [5, 5.41) is 10.1. The van der Waals surface area contributed by atoms with Crippen molar-refractivity contribution < 1.29 is 14.3 Å². The van der Waals surface area contributed by atoms with E-state index in [0.29, 0.717) is 11.1 Å². The van der Waals surface area contributed by atoms with Crippen molar-refractivity contribution in [3.05, 3.63) is 76.6 Å². The van der Waals surface area contributed by atoms with E-state index >= 15 is 0 Å². The highest BCUT2D eigenvalue weighted by Crippen LogP contribution is 2.36. The van der Waals surface area contributed by atoms with Gasteiger partial charge in [-0.05, 0) is 35.4 Å². The van der Waals surface area contributed by atoms with Gasteiger partial charge in [0.15, 0.2) is 5.78 Å². The molecule has 0 radical (unpaired) electrons. The van der Waals surface area contributed by atoms with Crippen LogP contribution in [0.4, 0.5) is 4.39 Å². The largest absolute Gasteiger partial charge is 0.383 e. The van der Waals surface area contributed by atoms with Crippen molar-refractivity contribution in [1.82, 2.24) is 0 Å². The molecule has 94 valence electrons. The highest BCUT2D eigenvalue weighted by Gasteiger charge is 2.33. The van der Waals surface area contributed by atoms with Gasteiger partial charge in [-0.2, -0.15) is 0 Å². The Bertz CT molecular complexity index is 674. The van der Waals surface area contributed by atoms with Crippen molar-refractivity contribution in [2.24, 2.45) is 0 Å². The van der Waals surface area contributed by atoms with Crippen LogP contribution in [0.25, 0.3) is 6.08 Å². The lowest BCUT2D eigenvalue weighted by atomic mass is 10.1. The van der Waals surface area contributed by atoms with Crippen LogP contribution < -0.4 is 0 Å². The topological polar surface area (TPSA) is 37.3 Å². The summed E-state index contributed by atoms with van der Waals surface area (Å²) in [5.41, 5.74) is 1.83. The van der Waals surface area contributed by atoms with Crippen molar-refractivity contribution in [2.45, 2.75) is 6.10 Å². The number of rotatable bonds is 1. The van der Waals surface area contributed by atoms with Gasteiger partial charge in [0, 0.05) is 11.1 Å². The standard InChI is InChI=1S/C16H11FO2/c17-11-6-7-12-13(9-11)16(19)14(15(12)18)8-10-4-2-1-3-5-10/h1-9,16,19H/b14-8-/t16-/m0/s1. The second-order valence-corrected chi connectivity index (χ2v) is 4.47. The first-order valence-corrected chi connectivity index (χ1v) is 5.95. The van der Waals surface area contributed by atoms with Crippen LogP contribution in [0.2, 0.25) is 0 Å². The molecular weight excluding hydrogens is 243 g/mol. The number of carbonyl (C=O) groups excluding carboxylic acids is 1. The molecule has 3 rings (SSSR count). The molecule has 2 aromatic rings. The van der Waals surface area contributed by atoms with Gasteiger partial charge in [-0.3, -0.25) is 4.79 Å². The second kappa shape index (κ2) is 4.44. The Labute approximate surface area is 109 Å². The molecule has 2 nitrogen and oxygen atoms in total. The summed E-state index contributed by atoms with van der Waals surface area (Å²) in [5.74, 6) is -0.696. The molecule has 19 heavy (non-hydrogen) atoms. The summed E-state index contributed by atoms with van der Waals surface area (Å²) >= 11 is 0. The maximum atomic E-state index is 13.2. The van der Waals surface area contributed by atoms with Gasteiger partial charge < -0.3 is 5.11 Å². The van der Waals surface area contributed by atoms with Crippen LogP contribution in [0.15, 0.2) is 54.1 Å². The van der Waals surface area contributed by atoms with Gasteiger partial charge in [0.25, 0.3) is 0 Å². The van der Waals surface area contributed by atoms with Crippen molar-refractivity contribution in [3.63, 3.8) is 0 Å². The molecule has 0 bridgehead atoms. The molecule has 0 aliphatic heterocycles. The van der Waals surface area contributed by atoms with Crippen LogP contribution in [0.5, 0.6) is 0 Å². The van der Waals surface area contributed by atoms with E-state index < -0.39 is 11.9 Å². The lowest BCUT2D eigenvalue weighted by Crippen LogP contribution is -1.99. The second-order valence-electron chi connectivity index (χ2n) is 4.47. The minimum Gasteiger partial charge on any atom is -0.383 e. The fourth-order valence-corrected chi connectivity index (χ4v) is 2.29. The third-order valence-electron chi connectivity index (χ3n) is 3.23. The lowest BCUT2D eigenvalue weighted by molar-refractivity contribution is 0.102. The van der Waals surface area contributed by atoms with Crippen LogP contribution in [0, 0.1) is 5.82 Å². The molecule has 2 aromatic carbocycles. The number of hydrogen-bond acceptors (Lipinski definition) is 2. The molecule has 0 fully saturated rings. The predicted molar refractivity (Wildman–Crippen MR) is 70.1 cm³/mol. The molecule has 3 heteroatoms. The first-order chi connectivity index (χ1) is 9.16. The van der Waals surface area contributed by atoms with Gasteiger partial charge in [-0.15, -0.1) is 0 Å². The summed E-state index contributed by atoms with van der Waals surface area (Å²) in [4.78, 5) is 12.2. The third kappa shape index (κ3) is 1.98. The quantitative estimate of drug-likeness (QED) is 0.794. The molecular formula is C16H11FO2. The molecule has 1 aliphatic rings. The van der Waals surface area contributed by atoms with Crippen LogP contribution in [-0.4, -0.2) is 10.9 Å². The van der Waals surface area contributed by atoms with E-state index in [1.54, 1.807) is 6.08 Å². The van der Waals surface area contributed by atoms with Gasteiger partial charge in [-0.1, -0.05) is 30.3 Å². The molecule has 0 saturated heterocycles. The first-order valence-electron chi connectivity index (χ1n) is 5.95. The Morgan fingerprint density at radius 2 is 1.84 bits per heavy atom. The zero-order chi connectivity index (χ0) is 13.4. The number of halogens is 1. The predicted octanol–water partition coefficient (Wildman–Crippen LogP) is 3.14. The van der Waals surface area contributed by atoms with E-state index in [9.17, 15) is 14.3 Å². The summed E-state index contributed by atoms with van der Waals surface area (Å²) < 4.78 is 13.2. The highest BCUT2D eigenvalue weighted by molar-refractivity contribution is 6.16. The monoisotopic (exact) mass is 254 g/mol. The van der Waals surface area contributed by atoms with Crippen molar-refractivity contribution in [2.75, 3.05) is 0 Å². The first kappa shape index (κ1) is 11.8. The van der Waals surface area contributed by atoms with E-state index in [4.69, 9.17) is 0 Å². The van der Waals surface area contributed by atoms with E-state index in [1.165, 1.54) is 18.2 Å². The summed E-state index contributed by atoms with van der Waals surface area (Å²) in [7, 11) is 0. The molecule has 0 aromatic heterocycles. The number of ketones is 1. The molecule has 1 N–H and O–H groups in total. The number of Topliss-reactive ketones (excluding diaryl/α,β-unsaturated/α-hetero) is 1. The maximum Gasteiger partial charge on any atom is 0.192 e. The molecule has 0 spiro atoms. The van der Waals surface area contributed by atoms with Crippen molar-refractivity contribution in [3.8, 4) is 0 Å². The Morgan fingerprint density at radius 3 is 2.58 bits per heavy atom. The number of hydrogen-bond donors (Lipinski definition) is 1. The van der Waals surface area contributed by atoms with E-state index in [0.717, 1.165) is 5.56 Å². The van der Waals surface area contributed by atoms with Crippen LogP contribution in [0.1, 0.15) is 27.6 Å². The molecule has 0 amide bonds. The highest BCUT2D eigenvalue weighted by atomic mass is 19.1.